The van der Waals surface area contributed by atoms with Gasteiger partial charge in [-0.2, -0.15) is 0 Å². The predicted molar refractivity (Wildman–Crippen MR) is 191 cm³/mol. The molecule has 10 aromatic rings. The molecule has 0 atom stereocenters. The van der Waals surface area contributed by atoms with E-state index < -0.39 is 0 Å². The van der Waals surface area contributed by atoms with Gasteiger partial charge in [-0.25, -0.2) is 9.97 Å². The van der Waals surface area contributed by atoms with Gasteiger partial charge in [0, 0.05) is 23.9 Å². The molecule has 0 unspecified atom stereocenters. The zero-order valence-electron chi connectivity index (χ0n) is 27.5. The van der Waals surface area contributed by atoms with E-state index in [0.29, 0.717) is 11.5 Å². The molecule has 6 heterocycles. The van der Waals surface area contributed by atoms with Crippen LogP contribution in [0.3, 0.4) is 0 Å². The fourth-order valence-electron chi connectivity index (χ4n) is 7.33. The van der Waals surface area contributed by atoms with E-state index >= 15 is 0 Å². The molecular weight excluding hydrogens is 804 g/mol. The minimum Gasteiger partial charge on any atom is -0.509 e. The van der Waals surface area contributed by atoms with E-state index in [0.717, 1.165) is 89.6 Å². The molecule has 0 spiro atoms. The number of rotatable bonds is 4. The molecule has 0 radical (unpaired) electrons. The number of ether oxygens (including phenoxy) is 1. The van der Waals surface area contributed by atoms with Crippen LogP contribution in [-0.2, 0) is 21.1 Å². The van der Waals surface area contributed by atoms with Crippen LogP contribution in [0, 0.1) is 39.8 Å². The Balaban J connectivity index is 0.00000336. The summed E-state index contributed by atoms with van der Waals surface area (Å²) in [7, 11) is 0. The molecule has 244 valence electrons. The number of para-hydroxylation sites is 2. The fourth-order valence-corrected chi connectivity index (χ4v) is 7.33. The van der Waals surface area contributed by atoms with Gasteiger partial charge in [-0.1, -0.05) is 36.4 Å². The third-order valence-corrected chi connectivity index (χ3v) is 9.43. The first-order chi connectivity index (χ1) is 24.0. The van der Waals surface area contributed by atoms with Gasteiger partial charge >= 0.3 is 21.1 Å². The summed E-state index contributed by atoms with van der Waals surface area (Å²) in [6.45, 7) is 8.50. The second-order valence-corrected chi connectivity index (χ2v) is 12.6. The number of aryl methyl sites for hydroxylation is 4. The molecule has 0 aliphatic rings. The number of hydrogen-bond acceptors (Lipinski definition) is 5. The summed E-state index contributed by atoms with van der Waals surface area (Å²) in [5, 5.41) is 0. The molecule has 10 heteroatoms. The van der Waals surface area contributed by atoms with E-state index in [1.807, 2.05) is 48.8 Å². The molecule has 0 amide bonds. The van der Waals surface area contributed by atoms with Gasteiger partial charge in [0.2, 0.25) is 11.6 Å². The second-order valence-electron chi connectivity index (χ2n) is 12.6. The van der Waals surface area contributed by atoms with E-state index in [2.05, 4.69) is 106 Å². The number of benzene rings is 4. The van der Waals surface area contributed by atoms with Crippen molar-refractivity contribution in [1.82, 2.24) is 37.9 Å². The molecule has 9 nitrogen and oxygen atoms in total. The van der Waals surface area contributed by atoms with Crippen molar-refractivity contribution in [1.29, 1.82) is 0 Å². The van der Waals surface area contributed by atoms with Gasteiger partial charge in [0.1, 0.15) is 0 Å². The third kappa shape index (κ3) is 4.23. The van der Waals surface area contributed by atoms with Crippen LogP contribution in [0.4, 0.5) is 0 Å². The molecule has 4 aromatic carbocycles. The Labute approximate surface area is 300 Å². The molecule has 0 saturated carbocycles. The van der Waals surface area contributed by atoms with Crippen LogP contribution in [0.1, 0.15) is 22.3 Å². The Bertz CT molecular complexity index is 2740. The third-order valence-electron chi connectivity index (χ3n) is 9.43. The van der Waals surface area contributed by atoms with Crippen LogP contribution in [0.5, 0.6) is 11.5 Å². The van der Waals surface area contributed by atoms with Gasteiger partial charge in [-0.3, -0.25) is 27.9 Å². The standard InChI is InChI=1S/C40H28N8O.Pt/c1-23-9-5-10-24(2)35(23)45-31-13-7-19-41-37(31)47-33-21-27(15-17-29(33)43-39(45)47)49-28-16-18-30-34(22-28)48-38-32(14-8-20-42-38)46(40(48)44-30)36-25(3)11-6-12-26(36)4;/h5-20H,1-4H3;/q-2;+2. The monoisotopic (exact) mass is 831 g/mol. The quantitative estimate of drug-likeness (QED) is 0.166. The maximum absolute atomic E-state index is 6.47. The molecule has 0 N–H and O–H groups in total. The minimum atomic E-state index is 0. The van der Waals surface area contributed by atoms with Gasteiger partial charge < -0.3 is 4.74 Å². The molecule has 0 saturated heterocycles. The summed E-state index contributed by atoms with van der Waals surface area (Å²) >= 11 is 0. The summed E-state index contributed by atoms with van der Waals surface area (Å²) in [5.74, 6) is 2.64. The molecular formula is C40H28N8OPt. The zero-order valence-corrected chi connectivity index (χ0v) is 29.8. The van der Waals surface area contributed by atoms with Crippen LogP contribution >= 0.6 is 0 Å². The number of pyridine rings is 2. The van der Waals surface area contributed by atoms with E-state index in [9.17, 15) is 0 Å². The number of fused-ring (bicyclic) bond motifs is 10. The minimum absolute atomic E-state index is 0. The largest absolute Gasteiger partial charge is 2.00 e. The Hall–Kier alpha value is -5.79. The van der Waals surface area contributed by atoms with Crippen LogP contribution in [0.2, 0.25) is 0 Å². The number of hydrogen-bond donors (Lipinski definition) is 0. The molecule has 0 fully saturated rings. The SMILES string of the molecule is Cc1cccc(C)c1-n1c2cccnc2n2c3[c-]c(Oc4[c-]c5c(cc4)nc4n(-c6c(C)cccc6C)c6cccnc6n54)ccc3nc12.[Pt+2]. The second kappa shape index (κ2) is 11.1. The summed E-state index contributed by atoms with van der Waals surface area (Å²) in [6, 6.07) is 35.5. The van der Waals surface area contributed by atoms with Crippen LogP contribution in [0.15, 0.2) is 97.3 Å². The molecule has 6 aromatic heterocycles. The van der Waals surface area contributed by atoms with Crippen molar-refractivity contribution in [2.75, 3.05) is 0 Å². The average molecular weight is 832 g/mol. The fraction of sp³-hybridized carbons (Fsp3) is 0.100. The van der Waals surface area contributed by atoms with Gasteiger partial charge in [-0.15, -0.1) is 36.4 Å². The first-order valence-electron chi connectivity index (χ1n) is 16.2. The van der Waals surface area contributed by atoms with Gasteiger partial charge in [-0.05, 0) is 96.3 Å². The average Bonchev–Trinajstić information content (AvgIpc) is 3.82. The summed E-state index contributed by atoms with van der Waals surface area (Å²) in [5.41, 5.74) is 13.6. The van der Waals surface area contributed by atoms with E-state index in [1.165, 1.54) is 0 Å². The van der Waals surface area contributed by atoms with E-state index in [-0.39, 0.29) is 21.1 Å². The summed E-state index contributed by atoms with van der Waals surface area (Å²) in [6.07, 6.45) is 3.62. The predicted octanol–water partition coefficient (Wildman–Crippen LogP) is 8.59. The van der Waals surface area contributed by atoms with Crippen molar-refractivity contribution in [3.8, 4) is 22.9 Å². The number of nitrogens with zero attached hydrogens (tertiary/aromatic N) is 8. The zero-order chi connectivity index (χ0) is 33.0. The van der Waals surface area contributed by atoms with Gasteiger partial charge in [0.15, 0.2) is 11.3 Å². The topological polar surface area (TPSA) is 79.5 Å². The Morgan fingerprint density at radius 2 is 0.940 bits per heavy atom. The molecule has 0 bridgehead atoms. The van der Waals surface area contributed by atoms with Crippen molar-refractivity contribution < 1.29 is 25.8 Å². The normalized spacial score (nSPS) is 11.8. The summed E-state index contributed by atoms with van der Waals surface area (Å²) in [4.78, 5) is 19.7. The van der Waals surface area contributed by atoms with Crippen LogP contribution in [-0.4, -0.2) is 37.9 Å². The molecule has 10 rings (SSSR count). The van der Waals surface area contributed by atoms with Crippen LogP contribution < -0.4 is 4.74 Å². The van der Waals surface area contributed by atoms with Crippen molar-refractivity contribution in [2.24, 2.45) is 0 Å². The van der Waals surface area contributed by atoms with E-state index in [1.54, 1.807) is 0 Å². The molecule has 0 aliphatic carbocycles. The Morgan fingerprint density at radius 1 is 0.520 bits per heavy atom. The van der Waals surface area contributed by atoms with Gasteiger partial charge in [0.05, 0.1) is 22.4 Å². The Morgan fingerprint density at radius 3 is 1.36 bits per heavy atom. The van der Waals surface area contributed by atoms with Crippen molar-refractivity contribution in [3.05, 3.63) is 132 Å². The maximum atomic E-state index is 6.47. The summed E-state index contributed by atoms with van der Waals surface area (Å²) < 4.78 is 15.0. The molecule has 0 aliphatic heterocycles. The first-order valence-corrected chi connectivity index (χ1v) is 16.2. The smallest absolute Gasteiger partial charge is 0.509 e. The van der Waals surface area contributed by atoms with Crippen LogP contribution in [0.25, 0.3) is 67.3 Å². The number of imidazole rings is 4. The first kappa shape index (κ1) is 30.3. The van der Waals surface area contributed by atoms with Crippen molar-refractivity contribution >= 4 is 55.9 Å². The van der Waals surface area contributed by atoms with Crippen molar-refractivity contribution in [3.63, 3.8) is 0 Å². The van der Waals surface area contributed by atoms with Gasteiger partial charge in [0.25, 0.3) is 0 Å². The van der Waals surface area contributed by atoms with E-state index in [4.69, 9.17) is 24.7 Å². The molecule has 50 heavy (non-hydrogen) atoms. The number of aromatic nitrogens is 8. The maximum Gasteiger partial charge on any atom is 2.00 e. The Kier molecular flexibility index (Phi) is 6.73. The van der Waals surface area contributed by atoms with Crippen molar-refractivity contribution in [2.45, 2.75) is 27.7 Å².